The van der Waals surface area contributed by atoms with Crippen molar-refractivity contribution in [2.75, 3.05) is 26.5 Å². The zero-order chi connectivity index (χ0) is 15.6. The SMILES string of the molecule is COC[C@H]1C[C@@H](OS(C)(=O)=O)CN1C(=O)OC(C)(C)C. The molecule has 1 saturated heterocycles. The van der Waals surface area contributed by atoms with Crippen molar-refractivity contribution in [3.8, 4) is 0 Å². The third kappa shape index (κ3) is 5.64. The molecule has 1 rings (SSSR count). The lowest BCUT2D eigenvalue weighted by atomic mass is 10.2. The molecular formula is C12H23NO6S. The first-order valence-electron chi connectivity index (χ1n) is 6.38. The predicted molar refractivity (Wildman–Crippen MR) is 72.9 cm³/mol. The number of amides is 1. The highest BCUT2D eigenvalue weighted by molar-refractivity contribution is 7.86. The molecule has 1 aliphatic rings. The smallest absolute Gasteiger partial charge is 0.410 e. The van der Waals surface area contributed by atoms with E-state index in [1.54, 1.807) is 20.8 Å². The molecule has 1 heterocycles. The molecule has 0 aromatic carbocycles. The minimum absolute atomic E-state index is 0.177. The number of nitrogens with zero attached hydrogens (tertiary/aromatic N) is 1. The molecule has 0 aromatic heterocycles. The highest BCUT2D eigenvalue weighted by Gasteiger charge is 2.39. The Hall–Kier alpha value is -0.860. The molecule has 0 saturated carbocycles. The molecule has 1 aliphatic heterocycles. The van der Waals surface area contributed by atoms with E-state index in [0.29, 0.717) is 13.0 Å². The molecule has 7 nitrogen and oxygen atoms in total. The highest BCUT2D eigenvalue weighted by Crippen LogP contribution is 2.24. The van der Waals surface area contributed by atoms with Crippen LogP contribution in [-0.2, 0) is 23.8 Å². The van der Waals surface area contributed by atoms with Crippen LogP contribution < -0.4 is 0 Å². The summed E-state index contributed by atoms with van der Waals surface area (Å²) in [4.78, 5) is 13.6. The Morgan fingerprint density at radius 3 is 2.40 bits per heavy atom. The maximum absolute atomic E-state index is 12.1. The first-order valence-corrected chi connectivity index (χ1v) is 8.20. The molecule has 0 bridgehead atoms. The second-order valence-electron chi connectivity index (χ2n) is 5.90. The van der Waals surface area contributed by atoms with E-state index in [2.05, 4.69) is 0 Å². The summed E-state index contributed by atoms with van der Waals surface area (Å²) in [6, 6.07) is -0.249. The van der Waals surface area contributed by atoms with Crippen LogP contribution in [0.3, 0.4) is 0 Å². The van der Waals surface area contributed by atoms with Crippen molar-refractivity contribution >= 4 is 16.2 Å². The van der Waals surface area contributed by atoms with E-state index in [4.69, 9.17) is 13.7 Å². The van der Waals surface area contributed by atoms with E-state index < -0.39 is 27.9 Å². The van der Waals surface area contributed by atoms with Crippen molar-refractivity contribution in [2.24, 2.45) is 0 Å². The van der Waals surface area contributed by atoms with Gasteiger partial charge in [0.2, 0.25) is 0 Å². The second kappa shape index (κ2) is 6.28. The summed E-state index contributed by atoms with van der Waals surface area (Å²) in [6.07, 6.45) is 0.353. The summed E-state index contributed by atoms with van der Waals surface area (Å²) < 4.78 is 37.7. The Kier molecular flexibility index (Phi) is 5.39. The van der Waals surface area contributed by atoms with Gasteiger partial charge in [0.25, 0.3) is 10.1 Å². The fourth-order valence-electron chi connectivity index (χ4n) is 2.09. The summed E-state index contributed by atoms with van der Waals surface area (Å²) in [7, 11) is -2.02. The third-order valence-electron chi connectivity index (χ3n) is 2.67. The average molecular weight is 309 g/mol. The molecule has 20 heavy (non-hydrogen) atoms. The fourth-order valence-corrected chi connectivity index (χ4v) is 2.72. The zero-order valence-corrected chi connectivity index (χ0v) is 13.4. The van der Waals surface area contributed by atoms with Gasteiger partial charge in [-0.2, -0.15) is 8.42 Å². The number of hydrogen-bond acceptors (Lipinski definition) is 6. The van der Waals surface area contributed by atoms with Crippen LogP contribution in [0, 0.1) is 0 Å². The van der Waals surface area contributed by atoms with Gasteiger partial charge in [0.15, 0.2) is 0 Å². The lowest BCUT2D eigenvalue weighted by molar-refractivity contribution is 0.0140. The third-order valence-corrected chi connectivity index (χ3v) is 3.30. The van der Waals surface area contributed by atoms with Crippen molar-refractivity contribution in [3.05, 3.63) is 0 Å². The van der Waals surface area contributed by atoms with Crippen molar-refractivity contribution in [3.63, 3.8) is 0 Å². The van der Waals surface area contributed by atoms with Gasteiger partial charge in [0.1, 0.15) is 5.60 Å². The summed E-state index contributed by atoms with van der Waals surface area (Å²) in [6.45, 7) is 5.81. The fraction of sp³-hybridized carbons (Fsp3) is 0.917. The van der Waals surface area contributed by atoms with E-state index in [9.17, 15) is 13.2 Å². The standard InChI is InChI=1S/C12H23NO6S/c1-12(2,3)18-11(14)13-7-10(19-20(5,15)16)6-9(13)8-17-4/h9-10H,6-8H2,1-5H3/t9-,10-/m1/s1. The van der Waals surface area contributed by atoms with Crippen molar-refractivity contribution in [2.45, 2.75) is 44.9 Å². The normalized spacial score (nSPS) is 23.9. The first-order chi connectivity index (χ1) is 9.02. The predicted octanol–water partition coefficient (Wildman–Crippen LogP) is 0.987. The Balaban J connectivity index is 2.74. The molecule has 0 aromatic rings. The molecule has 0 radical (unpaired) electrons. The van der Waals surface area contributed by atoms with Crippen molar-refractivity contribution in [1.29, 1.82) is 0 Å². The van der Waals surface area contributed by atoms with Crippen LogP contribution in [0.2, 0.25) is 0 Å². The largest absolute Gasteiger partial charge is 0.444 e. The topological polar surface area (TPSA) is 82.1 Å². The molecule has 0 unspecified atom stereocenters. The Morgan fingerprint density at radius 2 is 1.95 bits per heavy atom. The van der Waals surface area contributed by atoms with E-state index >= 15 is 0 Å². The minimum Gasteiger partial charge on any atom is -0.444 e. The maximum atomic E-state index is 12.1. The second-order valence-corrected chi connectivity index (χ2v) is 7.50. The summed E-state index contributed by atoms with van der Waals surface area (Å²) in [5.41, 5.74) is -0.607. The molecule has 0 N–H and O–H groups in total. The number of methoxy groups -OCH3 is 1. The molecule has 8 heteroatoms. The van der Waals surface area contributed by atoms with Crippen LogP contribution in [0.1, 0.15) is 27.2 Å². The number of hydrogen-bond donors (Lipinski definition) is 0. The average Bonchev–Trinajstić information content (AvgIpc) is 2.56. The van der Waals surface area contributed by atoms with E-state index in [0.717, 1.165) is 6.26 Å². The van der Waals surface area contributed by atoms with E-state index in [-0.39, 0.29) is 12.6 Å². The van der Waals surface area contributed by atoms with Gasteiger partial charge in [-0.3, -0.25) is 4.18 Å². The van der Waals surface area contributed by atoms with Gasteiger partial charge < -0.3 is 14.4 Å². The van der Waals surface area contributed by atoms with Gasteiger partial charge in [-0.05, 0) is 27.2 Å². The number of carbonyl (C=O) groups is 1. The lowest BCUT2D eigenvalue weighted by Gasteiger charge is -2.28. The number of ether oxygens (including phenoxy) is 2. The van der Waals surface area contributed by atoms with Gasteiger partial charge in [-0.15, -0.1) is 0 Å². The molecule has 118 valence electrons. The van der Waals surface area contributed by atoms with Gasteiger partial charge in [-0.1, -0.05) is 0 Å². The molecule has 2 atom stereocenters. The number of likely N-dealkylation sites (tertiary alicyclic amines) is 1. The van der Waals surface area contributed by atoms with E-state index in [1.807, 2.05) is 0 Å². The summed E-state index contributed by atoms with van der Waals surface area (Å²) >= 11 is 0. The van der Waals surface area contributed by atoms with Crippen LogP contribution in [0.4, 0.5) is 4.79 Å². The van der Waals surface area contributed by atoms with Crippen LogP contribution >= 0.6 is 0 Å². The van der Waals surface area contributed by atoms with Crippen LogP contribution in [0.25, 0.3) is 0 Å². The number of carbonyl (C=O) groups excluding carboxylic acids is 1. The van der Waals surface area contributed by atoms with E-state index in [1.165, 1.54) is 12.0 Å². The highest BCUT2D eigenvalue weighted by atomic mass is 32.2. The van der Waals surface area contributed by atoms with Gasteiger partial charge in [0, 0.05) is 7.11 Å². The maximum Gasteiger partial charge on any atom is 0.410 e. The number of rotatable bonds is 4. The van der Waals surface area contributed by atoms with Crippen LogP contribution in [0.5, 0.6) is 0 Å². The van der Waals surface area contributed by atoms with Gasteiger partial charge >= 0.3 is 6.09 Å². The lowest BCUT2D eigenvalue weighted by Crippen LogP contribution is -2.42. The van der Waals surface area contributed by atoms with Gasteiger partial charge in [0.05, 0.1) is 31.6 Å². The molecule has 0 aliphatic carbocycles. The first kappa shape index (κ1) is 17.2. The summed E-state index contributed by atoms with van der Waals surface area (Å²) in [5, 5.41) is 0. The van der Waals surface area contributed by atoms with Crippen molar-refractivity contribution in [1.82, 2.24) is 4.90 Å². The van der Waals surface area contributed by atoms with Gasteiger partial charge in [-0.25, -0.2) is 4.79 Å². The van der Waals surface area contributed by atoms with Crippen LogP contribution in [0.15, 0.2) is 0 Å². The quantitative estimate of drug-likeness (QED) is 0.720. The molecular weight excluding hydrogens is 286 g/mol. The molecule has 1 fully saturated rings. The zero-order valence-electron chi connectivity index (χ0n) is 12.6. The monoisotopic (exact) mass is 309 g/mol. The molecule has 0 spiro atoms. The minimum atomic E-state index is -3.55. The Labute approximate surface area is 120 Å². The Morgan fingerprint density at radius 1 is 1.35 bits per heavy atom. The van der Waals surface area contributed by atoms with Crippen molar-refractivity contribution < 1.29 is 26.9 Å². The summed E-state index contributed by atoms with van der Waals surface area (Å²) in [5.74, 6) is 0. The van der Waals surface area contributed by atoms with Crippen LogP contribution in [-0.4, -0.2) is 63.7 Å². The Bertz CT molecular complexity index is 441. The molecule has 1 amide bonds.